The van der Waals surface area contributed by atoms with Gasteiger partial charge in [0.15, 0.2) is 0 Å². The molecule has 0 radical (unpaired) electrons. The minimum atomic E-state index is -0.500. The molecule has 68 valence electrons. The fraction of sp³-hybridized carbons (Fsp3) is 0.375. The zero-order valence-electron chi connectivity index (χ0n) is 7.23. The summed E-state index contributed by atoms with van der Waals surface area (Å²) in [7, 11) is 1.32. The Bertz CT molecular complexity index is 367. The molecule has 1 heterocycles. The van der Waals surface area contributed by atoms with Gasteiger partial charge in [0.2, 0.25) is 0 Å². The van der Waals surface area contributed by atoms with Crippen molar-refractivity contribution in [2.24, 2.45) is 0 Å². The van der Waals surface area contributed by atoms with Crippen molar-refractivity contribution in [3.05, 3.63) is 17.5 Å². The first-order chi connectivity index (χ1) is 6.33. The summed E-state index contributed by atoms with van der Waals surface area (Å²) in [6.45, 7) is 0. The number of carbonyl (C=O) groups is 1. The van der Waals surface area contributed by atoms with Gasteiger partial charge in [-0.25, -0.2) is 4.79 Å². The van der Waals surface area contributed by atoms with E-state index in [-0.39, 0.29) is 0 Å². The lowest BCUT2D eigenvalue weighted by atomic mass is 10.1. The van der Waals surface area contributed by atoms with Crippen LogP contribution in [0.1, 0.15) is 17.8 Å². The van der Waals surface area contributed by atoms with Crippen LogP contribution < -0.4 is 0 Å². The number of rotatable bonds is 0. The van der Waals surface area contributed by atoms with E-state index in [4.69, 9.17) is 0 Å². The number of nitrogens with zero attached hydrogens (tertiary/aromatic N) is 3. The number of hydrogen-bond acceptors (Lipinski definition) is 4. The standard InChI is InChI=1S/C8H9N3O2/c1-13-8(12)11-7-5-3-2-4-6(7)9-10-11/h3,5H,2,4H2,1H3. The van der Waals surface area contributed by atoms with Crippen LogP contribution in [0.3, 0.4) is 0 Å². The van der Waals surface area contributed by atoms with Gasteiger partial charge in [-0.2, -0.15) is 0 Å². The van der Waals surface area contributed by atoms with E-state index in [1.807, 2.05) is 12.2 Å². The minimum Gasteiger partial charge on any atom is -0.451 e. The van der Waals surface area contributed by atoms with Crippen LogP contribution in [0.5, 0.6) is 0 Å². The minimum absolute atomic E-state index is 0.500. The molecule has 0 unspecified atom stereocenters. The Morgan fingerprint density at radius 3 is 3.31 bits per heavy atom. The van der Waals surface area contributed by atoms with Crippen LogP contribution in [0.4, 0.5) is 4.79 Å². The first-order valence-electron chi connectivity index (χ1n) is 4.02. The molecule has 0 aliphatic heterocycles. The van der Waals surface area contributed by atoms with Gasteiger partial charge < -0.3 is 4.74 Å². The third-order valence-electron chi connectivity index (χ3n) is 1.95. The molecule has 0 amide bonds. The van der Waals surface area contributed by atoms with E-state index < -0.39 is 6.09 Å². The molecule has 0 saturated heterocycles. The highest BCUT2D eigenvalue weighted by atomic mass is 16.5. The van der Waals surface area contributed by atoms with Gasteiger partial charge in [0.25, 0.3) is 0 Å². The summed E-state index contributed by atoms with van der Waals surface area (Å²) in [5, 5.41) is 7.60. The van der Waals surface area contributed by atoms with Crippen LogP contribution >= 0.6 is 0 Å². The molecule has 0 aromatic carbocycles. The summed E-state index contributed by atoms with van der Waals surface area (Å²) in [6.07, 6.45) is 5.12. The maximum absolute atomic E-state index is 11.2. The molecular formula is C8H9N3O2. The Morgan fingerprint density at radius 1 is 1.69 bits per heavy atom. The lowest BCUT2D eigenvalue weighted by Gasteiger charge is -2.04. The lowest BCUT2D eigenvalue weighted by Crippen LogP contribution is -2.15. The van der Waals surface area contributed by atoms with Crippen molar-refractivity contribution in [1.29, 1.82) is 0 Å². The second-order valence-electron chi connectivity index (χ2n) is 2.74. The molecule has 0 fully saturated rings. The Morgan fingerprint density at radius 2 is 2.54 bits per heavy atom. The molecule has 0 N–H and O–H groups in total. The normalized spacial score (nSPS) is 13.9. The summed E-state index contributed by atoms with van der Waals surface area (Å²) >= 11 is 0. The molecule has 2 rings (SSSR count). The number of fused-ring (bicyclic) bond motifs is 1. The Labute approximate surface area is 75.0 Å². The lowest BCUT2D eigenvalue weighted by molar-refractivity contribution is 0.168. The molecule has 13 heavy (non-hydrogen) atoms. The highest BCUT2D eigenvalue weighted by Gasteiger charge is 2.17. The second kappa shape index (κ2) is 3.01. The molecule has 5 nitrogen and oxygen atoms in total. The van der Waals surface area contributed by atoms with Crippen molar-refractivity contribution in [2.45, 2.75) is 12.8 Å². The van der Waals surface area contributed by atoms with Gasteiger partial charge in [0.05, 0.1) is 18.5 Å². The Balaban J connectivity index is 2.44. The Hall–Kier alpha value is -1.65. The number of hydrogen-bond donors (Lipinski definition) is 0. The number of carbonyl (C=O) groups excluding carboxylic acids is 1. The maximum Gasteiger partial charge on any atom is 0.436 e. The fourth-order valence-electron chi connectivity index (χ4n) is 1.30. The summed E-state index contributed by atoms with van der Waals surface area (Å²) in [4.78, 5) is 11.2. The number of ether oxygens (including phenoxy) is 1. The third-order valence-corrected chi connectivity index (χ3v) is 1.95. The predicted octanol–water partition coefficient (Wildman–Crippen LogP) is 0.852. The molecule has 0 spiro atoms. The van der Waals surface area contributed by atoms with E-state index in [9.17, 15) is 4.79 Å². The summed E-state index contributed by atoms with van der Waals surface area (Å²) in [6, 6.07) is 0. The fourth-order valence-corrected chi connectivity index (χ4v) is 1.30. The number of methoxy groups -OCH3 is 1. The van der Waals surface area contributed by atoms with Crippen LogP contribution in [0, 0.1) is 0 Å². The summed E-state index contributed by atoms with van der Waals surface area (Å²) in [5.74, 6) is 0. The van der Waals surface area contributed by atoms with Gasteiger partial charge in [0, 0.05) is 0 Å². The number of aryl methyl sites for hydroxylation is 1. The first-order valence-corrected chi connectivity index (χ1v) is 4.02. The third kappa shape index (κ3) is 1.22. The van der Waals surface area contributed by atoms with Crippen LogP contribution in [0.2, 0.25) is 0 Å². The Kier molecular flexibility index (Phi) is 1.84. The smallest absolute Gasteiger partial charge is 0.436 e. The first kappa shape index (κ1) is 7.97. The zero-order chi connectivity index (χ0) is 9.26. The van der Waals surface area contributed by atoms with Crippen LogP contribution in [-0.2, 0) is 11.2 Å². The molecule has 1 aliphatic rings. The highest BCUT2D eigenvalue weighted by molar-refractivity contribution is 5.73. The van der Waals surface area contributed by atoms with E-state index in [0.717, 1.165) is 24.2 Å². The van der Waals surface area contributed by atoms with Gasteiger partial charge in [-0.3, -0.25) is 0 Å². The van der Waals surface area contributed by atoms with Crippen LogP contribution in [0.15, 0.2) is 6.08 Å². The van der Waals surface area contributed by atoms with Crippen molar-refractivity contribution in [2.75, 3.05) is 7.11 Å². The SMILES string of the molecule is COC(=O)n1nnc2c1C=CCC2. The quantitative estimate of drug-likeness (QED) is 0.592. The second-order valence-corrected chi connectivity index (χ2v) is 2.74. The van der Waals surface area contributed by atoms with Crippen molar-refractivity contribution < 1.29 is 9.53 Å². The summed E-state index contributed by atoms with van der Waals surface area (Å²) in [5.41, 5.74) is 1.59. The van der Waals surface area contributed by atoms with Gasteiger partial charge in [0.1, 0.15) is 0 Å². The number of aromatic nitrogens is 3. The van der Waals surface area contributed by atoms with Crippen LogP contribution in [0.25, 0.3) is 6.08 Å². The van der Waals surface area contributed by atoms with Crippen molar-refractivity contribution in [3.63, 3.8) is 0 Å². The van der Waals surface area contributed by atoms with Crippen molar-refractivity contribution in [3.8, 4) is 0 Å². The van der Waals surface area contributed by atoms with Crippen molar-refractivity contribution in [1.82, 2.24) is 15.0 Å². The molecule has 0 saturated carbocycles. The van der Waals surface area contributed by atoms with Crippen molar-refractivity contribution >= 4 is 12.2 Å². The van der Waals surface area contributed by atoms with Gasteiger partial charge in [-0.1, -0.05) is 11.3 Å². The molecule has 0 atom stereocenters. The van der Waals surface area contributed by atoms with E-state index in [1.54, 1.807) is 0 Å². The molecule has 0 bridgehead atoms. The van der Waals surface area contributed by atoms with E-state index in [2.05, 4.69) is 15.0 Å². The van der Waals surface area contributed by atoms with Gasteiger partial charge in [-0.05, 0) is 18.9 Å². The average molecular weight is 179 g/mol. The average Bonchev–Trinajstić information content (AvgIpc) is 2.60. The highest BCUT2D eigenvalue weighted by Crippen LogP contribution is 2.15. The molecule has 1 aromatic heterocycles. The van der Waals surface area contributed by atoms with Gasteiger partial charge >= 0.3 is 6.09 Å². The van der Waals surface area contributed by atoms with E-state index >= 15 is 0 Å². The zero-order valence-corrected chi connectivity index (χ0v) is 7.23. The monoisotopic (exact) mass is 179 g/mol. The molecule has 1 aromatic rings. The number of allylic oxidation sites excluding steroid dienone is 1. The molecule has 5 heteroatoms. The topological polar surface area (TPSA) is 57.0 Å². The predicted molar refractivity (Wildman–Crippen MR) is 45.2 cm³/mol. The van der Waals surface area contributed by atoms with E-state index in [1.165, 1.54) is 11.8 Å². The summed E-state index contributed by atoms with van der Waals surface area (Å²) < 4.78 is 5.72. The largest absolute Gasteiger partial charge is 0.451 e. The van der Waals surface area contributed by atoms with Crippen LogP contribution in [-0.4, -0.2) is 28.2 Å². The van der Waals surface area contributed by atoms with Gasteiger partial charge in [-0.15, -0.1) is 9.78 Å². The molecule has 1 aliphatic carbocycles. The maximum atomic E-state index is 11.2. The van der Waals surface area contributed by atoms with E-state index in [0.29, 0.717) is 0 Å². The molecular weight excluding hydrogens is 170 g/mol.